The lowest BCUT2D eigenvalue weighted by Crippen LogP contribution is -2.14. The summed E-state index contributed by atoms with van der Waals surface area (Å²) in [5.41, 5.74) is 0.635. The van der Waals surface area contributed by atoms with Crippen LogP contribution in [0.25, 0.3) is 10.8 Å². The van der Waals surface area contributed by atoms with E-state index in [2.05, 4.69) is 0 Å². The molecule has 0 saturated carbocycles. The number of halogens is 3. The van der Waals surface area contributed by atoms with Gasteiger partial charge < -0.3 is 9.84 Å². The average Bonchev–Trinajstić information content (AvgIpc) is 2.42. The molecule has 0 amide bonds. The van der Waals surface area contributed by atoms with Gasteiger partial charge in [0.25, 0.3) is 0 Å². The van der Waals surface area contributed by atoms with Crippen LogP contribution in [0.1, 0.15) is 18.1 Å². The second kappa shape index (κ2) is 6.24. The van der Waals surface area contributed by atoms with E-state index in [4.69, 9.17) is 4.74 Å². The molecular formula is C15H15F3O2. The maximum atomic E-state index is 11.9. The molecule has 0 radical (unpaired) electrons. The summed E-state index contributed by atoms with van der Waals surface area (Å²) in [4.78, 5) is 0. The molecule has 2 aromatic carbocycles. The molecule has 5 heteroatoms. The van der Waals surface area contributed by atoms with Gasteiger partial charge >= 0.3 is 6.18 Å². The second-order valence-electron chi connectivity index (χ2n) is 4.56. The van der Waals surface area contributed by atoms with Crippen LogP contribution in [0.3, 0.4) is 0 Å². The molecule has 0 saturated heterocycles. The van der Waals surface area contributed by atoms with Crippen molar-refractivity contribution in [3.63, 3.8) is 0 Å². The zero-order chi connectivity index (χ0) is 14.6. The van der Waals surface area contributed by atoms with E-state index < -0.39 is 25.3 Å². The van der Waals surface area contributed by atoms with E-state index in [0.717, 1.165) is 10.8 Å². The van der Waals surface area contributed by atoms with Crippen LogP contribution in [0.2, 0.25) is 0 Å². The molecule has 0 heterocycles. The van der Waals surface area contributed by atoms with Crippen molar-refractivity contribution < 1.29 is 23.0 Å². The first-order valence-corrected chi connectivity index (χ1v) is 6.27. The molecule has 0 fully saturated rings. The SMILES string of the molecule is OC(COCCC(F)(F)F)c1ccc2ccccc2c1. The summed E-state index contributed by atoms with van der Waals surface area (Å²) < 4.78 is 40.7. The van der Waals surface area contributed by atoms with Gasteiger partial charge in [0.2, 0.25) is 0 Å². The molecule has 1 unspecified atom stereocenters. The Hall–Kier alpha value is -1.59. The first-order valence-electron chi connectivity index (χ1n) is 6.27. The molecule has 0 aliphatic rings. The Morgan fingerprint density at radius 2 is 1.75 bits per heavy atom. The number of alkyl halides is 3. The fraction of sp³-hybridized carbons (Fsp3) is 0.333. The van der Waals surface area contributed by atoms with Crippen LogP contribution in [0.4, 0.5) is 13.2 Å². The molecule has 0 aliphatic heterocycles. The monoisotopic (exact) mass is 284 g/mol. The molecule has 0 bridgehead atoms. The highest BCUT2D eigenvalue weighted by Gasteiger charge is 2.26. The summed E-state index contributed by atoms with van der Waals surface area (Å²) in [6.07, 6.45) is -6.15. The first kappa shape index (κ1) is 14.8. The normalized spacial score (nSPS) is 13.6. The number of rotatable bonds is 5. The Balaban J connectivity index is 1.92. The summed E-state index contributed by atoms with van der Waals surface area (Å²) in [5, 5.41) is 11.9. The van der Waals surface area contributed by atoms with Gasteiger partial charge in [0.15, 0.2) is 0 Å². The number of benzene rings is 2. The van der Waals surface area contributed by atoms with Crippen LogP contribution in [-0.4, -0.2) is 24.5 Å². The number of hydrogen-bond acceptors (Lipinski definition) is 2. The standard InChI is InChI=1S/C15H15F3O2/c16-15(17,18)7-8-20-10-14(19)13-6-5-11-3-1-2-4-12(11)9-13/h1-6,9,14,19H,7-8,10H2. The summed E-state index contributed by atoms with van der Waals surface area (Å²) in [6.45, 7) is -0.581. The van der Waals surface area contributed by atoms with E-state index in [-0.39, 0.29) is 6.61 Å². The van der Waals surface area contributed by atoms with Gasteiger partial charge in [0.05, 0.1) is 19.6 Å². The lowest BCUT2D eigenvalue weighted by atomic mass is 10.0. The van der Waals surface area contributed by atoms with Crippen LogP contribution in [0.5, 0.6) is 0 Å². The maximum Gasteiger partial charge on any atom is 0.391 e. The molecule has 0 aromatic heterocycles. The van der Waals surface area contributed by atoms with Crippen LogP contribution in [0, 0.1) is 0 Å². The van der Waals surface area contributed by atoms with Gasteiger partial charge in [0, 0.05) is 0 Å². The van der Waals surface area contributed by atoms with Crippen LogP contribution >= 0.6 is 0 Å². The van der Waals surface area contributed by atoms with Crippen LogP contribution in [0.15, 0.2) is 42.5 Å². The number of aliphatic hydroxyl groups is 1. The number of ether oxygens (including phenoxy) is 1. The van der Waals surface area contributed by atoms with Gasteiger partial charge in [-0.05, 0) is 22.4 Å². The van der Waals surface area contributed by atoms with E-state index >= 15 is 0 Å². The van der Waals surface area contributed by atoms with Crippen molar-refractivity contribution in [1.82, 2.24) is 0 Å². The average molecular weight is 284 g/mol. The molecular weight excluding hydrogens is 269 g/mol. The predicted molar refractivity (Wildman–Crippen MR) is 70.4 cm³/mol. The number of aliphatic hydroxyl groups excluding tert-OH is 1. The van der Waals surface area contributed by atoms with Crippen molar-refractivity contribution >= 4 is 10.8 Å². The molecule has 2 nitrogen and oxygen atoms in total. The van der Waals surface area contributed by atoms with E-state index in [1.54, 1.807) is 6.07 Å². The van der Waals surface area contributed by atoms with Crippen LogP contribution in [-0.2, 0) is 4.74 Å². The second-order valence-corrected chi connectivity index (χ2v) is 4.56. The summed E-state index contributed by atoms with van der Waals surface area (Å²) in [7, 11) is 0. The fourth-order valence-corrected chi connectivity index (χ4v) is 1.89. The van der Waals surface area contributed by atoms with Gasteiger partial charge in [-0.2, -0.15) is 13.2 Å². The highest BCUT2D eigenvalue weighted by atomic mass is 19.4. The van der Waals surface area contributed by atoms with Gasteiger partial charge in [-0.25, -0.2) is 0 Å². The molecule has 0 spiro atoms. The molecule has 2 aromatic rings. The topological polar surface area (TPSA) is 29.5 Å². The number of hydrogen-bond donors (Lipinski definition) is 1. The molecule has 20 heavy (non-hydrogen) atoms. The quantitative estimate of drug-likeness (QED) is 0.845. The third-order valence-corrected chi connectivity index (χ3v) is 2.96. The van der Waals surface area contributed by atoms with Gasteiger partial charge in [-0.1, -0.05) is 36.4 Å². The van der Waals surface area contributed by atoms with Crippen molar-refractivity contribution in [2.45, 2.75) is 18.7 Å². The zero-order valence-electron chi connectivity index (χ0n) is 10.7. The van der Waals surface area contributed by atoms with Crippen LogP contribution < -0.4 is 0 Å². The highest BCUT2D eigenvalue weighted by Crippen LogP contribution is 2.22. The summed E-state index contributed by atoms with van der Waals surface area (Å²) in [5.74, 6) is 0. The van der Waals surface area contributed by atoms with Crippen molar-refractivity contribution in [2.75, 3.05) is 13.2 Å². The minimum atomic E-state index is -4.23. The van der Waals surface area contributed by atoms with Crippen molar-refractivity contribution in [2.24, 2.45) is 0 Å². The summed E-state index contributed by atoms with van der Waals surface area (Å²) in [6, 6.07) is 13.1. The Kier molecular flexibility index (Phi) is 4.62. The molecule has 2 rings (SSSR count). The van der Waals surface area contributed by atoms with Crippen molar-refractivity contribution in [3.05, 3.63) is 48.0 Å². The minimum Gasteiger partial charge on any atom is -0.386 e. The van der Waals surface area contributed by atoms with Gasteiger partial charge in [-0.3, -0.25) is 0 Å². The number of fused-ring (bicyclic) bond motifs is 1. The largest absolute Gasteiger partial charge is 0.391 e. The molecule has 1 atom stereocenters. The van der Waals surface area contributed by atoms with E-state index in [1.165, 1.54) is 0 Å². The Morgan fingerprint density at radius 3 is 2.45 bits per heavy atom. The first-order chi connectivity index (χ1) is 9.46. The molecule has 0 aliphatic carbocycles. The molecule has 108 valence electrons. The minimum absolute atomic E-state index is 0.144. The third-order valence-electron chi connectivity index (χ3n) is 2.96. The Bertz CT molecular complexity index is 566. The van der Waals surface area contributed by atoms with Gasteiger partial charge in [-0.15, -0.1) is 0 Å². The summed E-state index contributed by atoms with van der Waals surface area (Å²) >= 11 is 0. The third kappa shape index (κ3) is 4.21. The van der Waals surface area contributed by atoms with Gasteiger partial charge in [0.1, 0.15) is 6.10 Å². The lowest BCUT2D eigenvalue weighted by molar-refractivity contribution is -0.147. The predicted octanol–water partition coefficient (Wildman–Crippen LogP) is 3.84. The fourth-order valence-electron chi connectivity index (χ4n) is 1.89. The van der Waals surface area contributed by atoms with Crippen molar-refractivity contribution in [3.8, 4) is 0 Å². The van der Waals surface area contributed by atoms with E-state index in [1.807, 2.05) is 36.4 Å². The van der Waals surface area contributed by atoms with E-state index in [0.29, 0.717) is 5.56 Å². The Morgan fingerprint density at radius 1 is 1.05 bits per heavy atom. The highest BCUT2D eigenvalue weighted by molar-refractivity contribution is 5.83. The molecule has 1 N–H and O–H groups in total. The van der Waals surface area contributed by atoms with E-state index in [9.17, 15) is 18.3 Å². The zero-order valence-corrected chi connectivity index (χ0v) is 10.7. The van der Waals surface area contributed by atoms with Crippen molar-refractivity contribution in [1.29, 1.82) is 0 Å². The lowest BCUT2D eigenvalue weighted by Gasteiger charge is -2.13. The maximum absolute atomic E-state index is 11.9. The smallest absolute Gasteiger partial charge is 0.386 e. The Labute approximate surface area is 114 Å².